The highest BCUT2D eigenvalue weighted by Gasteiger charge is 2.14. The summed E-state index contributed by atoms with van der Waals surface area (Å²) in [6, 6.07) is 14.2. The summed E-state index contributed by atoms with van der Waals surface area (Å²) >= 11 is 6.12. The van der Waals surface area contributed by atoms with Crippen LogP contribution in [0.15, 0.2) is 60.9 Å². The number of benzene rings is 2. The third-order valence-corrected chi connectivity index (χ3v) is 4.44. The number of nitrogens with one attached hydrogen (secondary N) is 2. The molecule has 0 saturated heterocycles. The number of imidazole rings is 1. The van der Waals surface area contributed by atoms with E-state index in [4.69, 9.17) is 16.3 Å². The third kappa shape index (κ3) is 3.61. The number of carbonyl (C=O) groups excluding carboxylic acids is 1. The molecule has 2 aromatic carbocycles. The maximum atomic E-state index is 12.6. The van der Waals surface area contributed by atoms with Gasteiger partial charge in [-0.3, -0.25) is 9.78 Å². The molecule has 2 heterocycles. The van der Waals surface area contributed by atoms with E-state index in [1.807, 2.05) is 13.0 Å². The van der Waals surface area contributed by atoms with Crippen molar-refractivity contribution in [3.8, 4) is 11.5 Å². The Kier molecular flexibility index (Phi) is 4.48. The molecule has 0 unspecified atom stereocenters. The smallest absolute Gasteiger partial charge is 0.291 e. The minimum absolute atomic E-state index is 0.218. The number of hydrogen-bond acceptors (Lipinski definition) is 4. The van der Waals surface area contributed by atoms with Gasteiger partial charge in [-0.25, -0.2) is 4.98 Å². The molecule has 0 radical (unpaired) electrons. The lowest BCUT2D eigenvalue weighted by atomic mass is 10.2. The number of nitrogens with zero attached hydrogens (tertiary/aromatic N) is 2. The summed E-state index contributed by atoms with van der Waals surface area (Å²) in [5.41, 5.74) is 2.87. The van der Waals surface area contributed by atoms with Gasteiger partial charge in [-0.1, -0.05) is 17.7 Å². The van der Waals surface area contributed by atoms with Crippen molar-refractivity contribution in [2.24, 2.45) is 0 Å². The van der Waals surface area contributed by atoms with Crippen LogP contribution in [0.2, 0.25) is 5.02 Å². The summed E-state index contributed by atoms with van der Waals surface area (Å²) in [6.45, 7) is 1.87. The predicted molar refractivity (Wildman–Crippen MR) is 105 cm³/mol. The number of amides is 1. The topological polar surface area (TPSA) is 79.9 Å². The van der Waals surface area contributed by atoms with Gasteiger partial charge in [-0.15, -0.1) is 0 Å². The number of aryl methyl sites for hydroxylation is 1. The van der Waals surface area contributed by atoms with Crippen LogP contribution in [-0.4, -0.2) is 20.9 Å². The Hall–Kier alpha value is -3.38. The molecular formula is C20H15ClN4O2. The van der Waals surface area contributed by atoms with Crippen LogP contribution in [0.3, 0.4) is 0 Å². The lowest BCUT2D eigenvalue weighted by Crippen LogP contribution is -2.13. The normalized spacial score (nSPS) is 10.7. The number of aromatic amines is 1. The minimum atomic E-state index is -0.345. The van der Waals surface area contributed by atoms with E-state index in [0.29, 0.717) is 27.7 Å². The number of rotatable bonds is 4. The molecular weight excluding hydrogens is 364 g/mol. The first-order chi connectivity index (χ1) is 13.1. The van der Waals surface area contributed by atoms with Gasteiger partial charge in [0, 0.05) is 29.2 Å². The first-order valence-corrected chi connectivity index (χ1v) is 8.62. The van der Waals surface area contributed by atoms with Crippen molar-refractivity contribution in [1.29, 1.82) is 0 Å². The zero-order chi connectivity index (χ0) is 18.8. The first kappa shape index (κ1) is 17.1. The van der Waals surface area contributed by atoms with Crippen molar-refractivity contribution >= 4 is 34.2 Å². The number of ether oxygens (including phenoxy) is 1. The molecule has 7 heteroatoms. The van der Waals surface area contributed by atoms with Gasteiger partial charge in [0.25, 0.3) is 5.91 Å². The molecule has 6 nitrogen and oxygen atoms in total. The lowest BCUT2D eigenvalue weighted by Gasteiger charge is -2.08. The third-order valence-electron chi connectivity index (χ3n) is 4.03. The number of hydrogen-bond donors (Lipinski definition) is 2. The van der Waals surface area contributed by atoms with E-state index in [1.165, 1.54) is 0 Å². The summed E-state index contributed by atoms with van der Waals surface area (Å²) in [6.07, 6.45) is 3.30. The Morgan fingerprint density at radius 3 is 2.74 bits per heavy atom. The van der Waals surface area contributed by atoms with Crippen molar-refractivity contribution < 1.29 is 9.53 Å². The molecule has 0 atom stereocenters. The van der Waals surface area contributed by atoms with Crippen LogP contribution in [0.25, 0.3) is 11.0 Å². The molecule has 4 rings (SSSR count). The average Bonchev–Trinajstić information content (AvgIpc) is 3.11. The molecule has 134 valence electrons. The lowest BCUT2D eigenvalue weighted by molar-refractivity contribution is 0.101. The Bertz CT molecular complexity index is 1130. The first-order valence-electron chi connectivity index (χ1n) is 8.24. The van der Waals surface area contributed by atoms with E-state index < -0.39 is 0 Å². The summed E-state index contributed by atoms with van der Waals surface area (Å²) < 4.78 is 5.75. The zero-order valence-corrected chi connectivity index (χ0v) is 15.1. The second-order valence-corrected chi connectivity index (χ2v) is 6.33. The predicted octanol–water partition coefficient (Wildman–Crippen LogP) is 4.96. The summed E-state index contributed by atoms with van der Waals surface area (Å²) in [4.78, 5) is 23.9. The highest BCUT2D eigenvalue weighted by molar-refractivity contribution is 6.32. The van der Waals surface area contributed by atoms with Gasteiger partial charge in [-0.2, -0.15) is 0 Å². The number of pyridine rings is 1. The van der Waals surface area contributed by atoms with Crippen LogP contribution < -0.4 is 10.1 Å². The number of aromatic nitrogens is 3. The summed E-state index contributed by atoms with van der Waals surface area (Å²) in [5.74, 6) is 1.14. The monoisotopic (exact) mass is 378 g/mol. The molecule has 1 amide bonds. The van der Waals surface area contributed by atoms with Crippen LogP contribution >= 0.6 is 11.6 Å². The van der Waals surface area contributed by atoms with Crippen LogP contribution in [0, 0.1) is 6.92 Å². The number of H-pyrrole nitrogens is 1. The van der Waals surface area contributed by atoms with E-state index in [1.54, 1.807) is 54.9 Å². The van der Waals surface area contributed by atoms with Crippen molar-refractivity contribution in [2.75, 3.05) is 5.32 Å². The fraction of sp³-hybridized carbons (Fsp3) is 0.0500. The van der Waals surface area contributed by atoms with Gasteiger partial charge in [0.1, 0.15) is 11.5 Å². The molecule has 0 bridgehead atoms. The van der Waals surface area contributed by atoms with E-state index >= 15 is 0 Å². The number of carbonyl (C=O) groups is 1. The number of halogens is 1. The molecule has 4 aromatic rings. The Morgan fingerprint density at radius 1 is 1.11 bits per heavy atom. The number of fused-ring (bicyclic) bond motifs is 1. The van der Waals surface area contributed by atoms with Crippen molar-refractivity contribution in [3.63, 3.8) is 0 Å². The zero-order valence-electron chi connectivity index (χ0n) is 14.4. The quantitative estimate of drug-likeness (QED) is 0.525. The highest BCUT2D eigenvalue weighted by atomic mass is 35.5. The molecule has 27 heavy (non-hydrogen) atoms. The van der Waals surface area contributed by atoms with Crippen LogP contribution in [0.1, 0.15) is 16.2 Å². The average molecular weight is 379 g/mol. The van der Waals surface area contributed by atoms with Gasteiger partial charge in [0.15, 0.2) is 5.82 Å². The van der Waals surface area contributed by atoms with E-state index in [9.17, 15) is 4.79 Å². The standard InChI is InChI=1S/C20H15ClN4O2/c1-12-16(21)5-6-17-18(12)25-19(24-17)20(26)23-13-3-2-4-15(11-13)27-14-7-9-22-10-8-14/h2-11H,1H3,(H,23,26)(H,24,25). The van der Waals surface area contributed by atoms with Gasteiger partial charge in [0.05, 0.1) is 11.0 Å². The largest absolute Gasteiger partial charge is 0.457 e. The van der Waals surface area contributed by atoms with Crippen molar-refractivity contribution in [2.45, 2.75) is 6.92 Å². The minimum Gasteiger partial charge on any atom is -0.457 e. The number of anilines is 1. The van der Waals surface area contributed by atoms with Crippen LogP contribution in [-0.2, 0) is 0 Å². The second kappa shape index (κ2) is 7.09. The SMILES string of the molecule is Cc1c(Cl)ccc2[nH]c(C(=O)Nc3cccc(Oc4ccncc4)c3)nc12. The molecule has 0 aliphatic rings. The van der Waals surface area contributed by atoms with Gasteiger partial charge >= 0.3 is 0 Å². The second-order valence-electron chi connectivity index (χ2n) is 5.92. The maximum Gasteiger partial charge on any atom is 0.291 e. The Morgan fingerprint density at radius 2 is 1.93 bits per heavy atom. The molecule has 2 N–H and O–H groups in total. The summed E-state index contributed by atoms with van der Waals surface area (Å²) in [5, 5.41) is 3.43. The Balaban J connectivity index is 1.54. The highest BCUT2D eigenvalue weighted by Crippen LogP contribution is 2.25. The van der Waals surface area contributed by atoms with Crippen LogP contribution in [0.5, 0.6) is 11.5 Å². The van der Waals surface area contributed by atoms with Crippen molar-refractivity contribution in [1.82, 2.24) is 15.0 Å². The van der Waals surface area contributed by atoms with Gasteiger partial charge in [0.2, 0.25) is 0 Å². The van der Waals surface area contributed by atoms with Gasteiger partial charge < -0.3 is 15.0 Å². The fourth-order valence-corrected chi connectivity index (χ4v) is 2.82. The maximum absolute atomic E-state index is 12.6. The Labute approximate surface area is 160 Å². The fourth-order valence-electron chi connectivity index (χ4n) is 2.67. The van der Waals surface area contributed by atoms with E-state index in [-0.39, 0.29) is 11.7 Å². The van der Waals surface area contributed by atoms with Gasteiger partial charge in [-0.05, 0) is 48.9 Å². The van der Waals surface area contributed by atoms with E-state index in [0.717, 1.165) is 11.1 Å². The van der Waals surface area contributed by atoms with Crippen LogP contribution in [0.4, 0.5) is 5.69 Å². The molecule has 0 aliphatic carbocycles. The molecule has 0 fully saturated rings. The molecule has 0 saturated carbocycles. The summed E-state index contributed by atoms with van der Waals surface area (Å²) in [7, 11) is 0. The van der Waals surface area contributed by atoms with Crippen molar-refractivity contribution in [3.05, 3.63) is 77.3 Å². The molecule has 0 aliphatic heterocycles. The molecule has 0 spiro atoms. The molecule has 2 aromatic heterocycles. The van der Waals surface area contributed by atoms with E-state index in [2.05, 4.69) is 20.3 Å².